The lowest BCUT2D eigenvalue weighted by atomic mass is 9.84. The second-order valence-electron chi connectivity index (χ2n) is 5.70. The monoisotopic (exact) mass is 296 g/mol. The predicted molar refractivity (Wildman–Crippen MR) is 81.6 cm³/mol. The molecular weight excluding hydrogens is 280 g/mol. The second kappa shape index (κ2) is 4.69. The molecule has 0 saturated carbocycles. The van der Waals surface area contributed by atoms with Gasteiger partial charge in [-0.1, -0.05) is 18.2 Å². The lowest BCUT2D eigenvalue weighted by Crippen LogP contribution is -2.46. The van der Waals surface area contributed by atoms with Crippen molar-refractivity contribution in [3.63, 3.8) is 0 Å². The fourth-order valence-electron chi connectivity index (χ4n) is 3.10. The van der Waals surface area contributed by atoms with Crippen LogP contribution in [-0.4, -0.2) is 34.2 Å². The molecule has 6 heteroatoms. The number of nitrogens with two attached hydrogens (primary N) is 1. The van der Waals surface area contributed by atoms with E-state index in [1.165, 1.54) is 6.33 Å². The molecule has 0 radical (unpaired) electrons. The van der Waals surface area contributed by atoms with Crippen LogP contribution < -0.4 is 10.5 Å². The molecule has 112 valence electrons. The molecule has 0 fully saturated rings. The number of aliphatic imine (C=N–C) groups is 1. The van der Waals surface area contributed by atoms with Gasteiger partial charge in [-0.2, -0.15) is 0 Å². The number of fused-ring (bicyclic) bond motifs is 1. The molecule has 2 atom stereocenters. The molecule has 3 heterocycles. The number of hydrogen-bond acceptors (Lipinski definition) is 6. The summed E-state index contributed by atoms with van der Waals surface area (Å²) in [6, 6.07) is 6.33. The number of ether oxygens (including phenoxy) is 2. The van der Waals surface area contributed by atoms with Crippen molar-refractivity contribution in [1.29, 1.82) is 0 Å². The fraction of sp³-hybridized carbons (Fsp3) is 0.312. The van der Waals surface area contributed by atoms with Crippen LogP contribution in [0.2, 0.25) is 0 Å². The van der Waals surface area contributed by atoms with Crippen LogP contribution >= 0.6 is 0 Å². The maximum absolute atomic E-state index is 6.07. The first-order valence-electron chi connectivity index (χ1n) is 7.20. The fourth-order valence-corrected chi connectivity index (χ4v) is 3.10. The second-order valence-corrected chi connectivity index (χ2v) is 5.70. The standard InChI is InChI=1S/C16H16N4O2/c1-10-16(20-15(17)22-10)5-11-3-2-4-13(14(11)21-8-16)12-6-18-9-19-7-12/h2-4,6-7,9-10H,5,8H2,1H3,(H2,17,20)/t10-,16+/m1/s1. The average molecular weight is 296 g/mol. The summed E-state index contributed by atoms with van der Waals surface area (Å²) in [7, 11) is 0. The van der Waals surface area contributed by atoms with Crippen molar-refractivity contribution >= 4 is 6.02 Å². The van der Waals surface area contributed by atoms with E-state index in [0.717, 1.165) is 28.9 Å². The molecule has 0 bridgehead atoms. The van der Waals surface area contributed by atoms with Crippen LogP contribution in [0.15, 0.2) is 41.9 Å². The number of nitrogens with zero attached hydrogens (tertiary/aromatic N) is 3. The SMILES string of the molecule is C[C@H]1OC(N)=N[C@@]12COc1c(cccc1-c1cncnc1)C2. The third-order valence-corrected chi connectivity index (χ3v) is 4.32. The molecule has 2 aliphatic rings. The maximum atomic E-state index is 6.07. The lowest BCUT2D eigenvalue weighted by molar-refractivity contribution is 0.0933. The number of para-hydroxylation sites is 1. The average Bonchev–Trinajstić information content (AvgIpc) is 2.80. The van der Waals surface area contributed by atoms with Gasteiger partial charge >= 0.3 is 0 Å². The van der Waals surface area contributed by atoms with Crippen LogP contribution in [0.1, 0.15) is 12.5 Å². The molecule has 4 rings (SSSR count). The Balaban J connectivity index is 1.76. The summed E-state index contributed by atoms with van der Waals surface area (Å²) in [5.74, 6) is 0.871. The molecular formula is C16H16N4O2. The van der Waals surface area contributed by atoms with Gasteiger partial charge in [-0.25, -0.2) is 15.0 Å². The van der Waals surface area contributed by atoms with E-state index in [9.17, 15) is 0 Å². The van der Waals surface area contributed by atoms with E-state index < -0.39 is 5.54 Å². The van der Waals surface area contributed by atoms with Crippen LogP contribution in [0.5, 0.6) is 5.75 Å². The third-order valence-electron chi connectivity index (χ3n) is 4.32. The van der Waals surface area contributed by atoms with E-state index in [0.29, 0.717) is 6.61 Å². The minimum atomic E-state index is -0.428. The highest BCUT2D eigenvalue weighted by Crippen LogP contribution is 2.41. The van der Waals surface area contributed by atoms with Gasteiger partial charge in [0.25, 0.3) is 6.02 Å². The molecule has 1 aromatic carbocycles. The molecule has 6 nitrogen and oxygen atoms in total. The number of amidine groups is 1. The largest absolute Gasteiger partial charge is 0.490 e. The number of hydrogen-bond donors (Lipinski definition) is 1. The van der Waals surface area contributed by atoms with Gasteiger partial charge in [0.15, 0.2) is 0 Å². The van der Waals surface area contributed by atoms with Crippen LogP contribution in [0, 0.1) is 0 Å². The molecule has 2 aliphatic heterocycles. The molecule has 1 spiro atoms. The summed E-state index contributed by atoms with van der Waals surface area (Å²) in [5.41, 5.74) is 8.33. The molecule has 0 aliphatic carbocycles. The van der Waals surface area contributed by atoms with E-state index in [-0.39, 0.29) is 12.1 Å². The van der Waals surface area contributed by atoms with Crippen molar-refractivity contribution in [2.75, 3.05) is 6.61 Å². The first-order valence-corrected chi connectivity index (χ1v) is 7.20. The van der Waals surface area contributed by atoms with E-state index >= 15 is 0 Å². The van der Waals surface area contributed by atoms with E-state index in [1.54, 1.807) is 12.4 Å². The molecule has 22 heavy (non-hydrogen) atoms. The van der Waals surface area contributed by atoms with E-state index in [4.69, 9.17) is 15.2 Å². The maximum Gasteiger partial charge on any atom is 0.283 e. The molecule has 1 aromatic heterocycles. The number of benzene rings is 1. The van der Waals surface area contributed by atoms with E-state index in [1.807, 2.05) is 19.1 Å². The zero-order chi connectivity index (χ0) is 15.2. The van der Waals surface area contributed by atoms with Gasteiger partial charge in [0.1, 0.15) is 30.3 Å². The van der Waals surface area contributed by atoms with Gasteiger partial charge in [0, 0.05) is 29.9 Å². The van der Waals surface area contributed by atoms with Gasteiger partial charge in [-0.05, 0) is 12.5 Å². The topological polar surface area (TPSA) is 82.6 Å². The first kappa shape index (κ1) is 13.1. The normalized spacial score (nSPS) is 26.0. The Kier molecular flexibility index (Phi) is 2.79. The van der Waals surface area contributed by atoms with Gasteiger partial charge in [0.2, 0.25) is 0 Å². The Labute approximate surface area is 128 Å². The minimum Gasteiger partial charge on any atom is -0.490 e. The van der Waals surface area contributed by atoms with Crippen molar-refractivity contribution in [2.24, 2.45) is 10.7 Å². The molecule has 0 unspecified atom stereocenters. The van der Waals surface area contributed by atoms with Crippen molar-refractivity contribution in [3.8, 4) is 16.9 Å². The number of rotatable bonds is 1. The lowest BCUT2D eigenvalue weighted by Gasteiger charge is -2.34. The Hall–Kier alpha value is -2.63. The smallest absolute Gasteiger partial charge is 0.283 e. The summed E-state index contributed by atoms with van der Waals surface area (Å²) >= 11 is 0. The van der Waals surface area contributed by atoms with Gasteiger partial charge < -0.3 is 15.2 Å². The summed E-state index contributed by atoms with van der Waals surface area (Å²) < 4.78 is 11.6. The van der Waals surface area contributed by atoms with Crippen LogP contribution in [-0.2, 0) is 11.2 Å². The Morgan fingerprint density at radius 1 is 1.27 bits per heavy atom. The van der Waals surface area contributed by atoms with Gasteiger partial charge in [-0.3, -0.25) is 0 Å². The zero-order valence-corrected chi connectivity index (χ0v) is 12.2. The van der Waals surface area contributed by atoms with Crippen LogP contribution in [0.25, 0.3) is 11.1 Å². The summed E-state index contributed by atoms with van der Waals surface area (Å²) in [6.07, 6.45) is 5.74. The summed E-state index contributed by atoms with van der Waals surface area (Å²) in [4.78, 5) is 12.6. The third kappa shape index (κ3) is 1.91. The highest BCUT2D eigenvalue weighted by atomic mass is 16.5. The van der Waals surface area contributed by atoms with E-state index in [2.05, 4.69) is 21.0 Å². The van der Waals surface area contributed by atoms with Crippen molar-refractivity contribution in [3.05, 3.63) is 42.5 Å². The summed E-state index contributed by atoms with van der Waals surface area (Å²) in [6.45, 7) is 2.43. The minimum absolute atomic E-state index is 0.0932. The Bertz CT molecular complexity index is 747. The first-order chi connectivity index (χ1) is 10.7. The number of aromatic nitrogens is 2. The van der Waals surface area contributed by atoms with Crippen molar-refractivity contribution in [2.45, 2.75) is 25.0 Å². The van der Waals surface area contributed by atoms with Gasteiger partial charge in [-0.15, -0.1) is 0 Å². The Morgan fingerprint density at radius 2 is 2.09 bits per heavy atom. The van der Waals surface area contributed by atoms with Gasteiger partial charge in [0.05, 0.1) is 0 Å². The highest BCUT2D eigenvalue weighted by molar-refractivity contribution is 5.75. The molecule has 0 amide bonds. The van der Waals surface area contributed by atoms with Crippen LogP contribution in [0.3, 0.4) is 0 Å². The zero-order valence-electron chi connectivity index (χ0n) is 12.2. The van der Waals surface area contributed by atoms with Crippen molar-refractivity contribution in [1.82, 2.24) is 9.97 Å². The van der Waals surface area contributed by atoms with Crippen molar-refractivity contribution < 1.29 is 9.47 Å². The highest BCUT2D eigenvalue weighted by Gasteiger charge is 2.47. The summed E-state index contributed by atoms with van der Waals surface area (Å²) in [5, 5.41) is 0. The molecule has 0 saturated heterocycles. The Morgan fingerprint density at radius 3 is 2.82 bits per heavy atom. The predicted octanol–water partition coefficient (Wildman–Crippen LogP) is 1.55. The van der Waals surface area contributed by atoms with Crippen LogP contribution in [0.4, 0.5) is 0 Å². The molecule has 2 aromatic rings. The quantitative estimate of drug-likeness (QED) is 0.863. The molecule has 2 N–H and O–H groups in total.